The van der Waals surface area contributed by atoms with Gasteiger partial charge in [-0.05, 0) is 61.5 Å². The molecule has 0 bridgehead atoms. The smallest absolute Gasteiger partial charge is 0.258 e. The Hall–Kier alpha value is -3.78. The average Bonchev–Trinajstić information content (AvgIpc) is 3.36. The standard InChI is InChI=1S/C26H26N4O3S/c1-2-30(17-23-28-22-13-4-3-12-21(22)25(32)29-23)26(33)18-8-5-9-19(16-18)27-24(31)14-6-10-20-11-7-15-34-20/h3-5,7-9,11-13,15-16H,2,6,10,14,17H2,1H3,(H,27,31)(H,28,29,32). The van der Waals surface area contributed by atoms with Crippen LogP contribution in [0.4, 0.5) is 5.69 Å². The molecule has 2 N–H and O–H groups in total. The zero-order chi connectivity index (χ0) is 23.9. The third-order valence-corrected chi connectivity index (χ3v) is 6.41. The first-order valence-electron chi connectivity index (χ1n) is 11.2. The highest BCUT2D eigenvalue weighted by Gasteiger charge is 2.17. The van der Waals surface area contributed by atoms with Crippen molar-refractivity contribution in [3.05, 3.63) is 92.7 Å². The number of H-pyrrole nitrogens is 1. The largest absolute Gasteiger partial charge is 0.331 e. The van der Waals surface area contributed by atoms with Crippen LogP contribution >= 0.6 is 11.3 Å². The molecule has 0 aliphatic heterocycles. The molecule has 2 aromatic carbocycles. The molecule has 0 aliphatic carbocycles. The monoisotopic (exact) mass is 474 g/mol. The van der Waals surface area contributed by atoms with Crippen LogP contribution in [0.25, 0.3) is 10.9 Å². The minimum Gasteiger partial charge on any atom is -0.331 e. The number of carbonyl (C=O) groups excluding carboxylic acids is 2. The summed E-state index contributed by atoms with van der Waals surface area (Å²) in [6.45, 7) is 2.49. The molecule has 0 fully saturated rings. The minimum atomic E-state index is -0.229. The third-order valence-electron chi connectivity index (χ3n) is 5.47. The molecule has 2 heterocycles. The first-order valence-corrected chi connectivity index (χ1v) is 12.1. The Morgan fingerprint density at radius 1 is 1.09 bits per heavy atom. The van der Waals surface area contributed by atoms with E-state index in [-0.39, 0.29) is 23.9 Å². The number of nitrogens with one attached hydrogen (secondary N) is 2. The maximum absolute atomic E-state index is 13.2. The third kappa shape index (κ3) is 5.77. The first kappa shape index (κ1) is 23.4. The van der Waals surface area contributed by atoms with Crippen molar-refractivity contribution in [1.82, 2.24) is 14.9 Å². The van der Waals surface area contributed by atoms with Crippen LogP contribution in [0.3, 0.4) is 0 Å². The van der Waals surface area contributed by atoms with Gasteiger partial charge in [-0.25, -0.2) is 4.98 Å². The predicted molar refractivity (Wildman–Crippen MR) is 135 cm³/mol. The van der Waals surface area contributed by atoms with E-state index in [1.807, 2.05) is 24.4 Å². The molecule has 2 amide bonds. The molecular weight excluding hydrogens is 448 g/mol. The Kier molecular flexibility index (Phi) is 7.49. The van der Waals surface area contributed by atoms with Crippen molar-refractivity contribution in [2.45, 2.75) is 32.7 Å². The molecular formula is C26H26N4O3S. The zero-order valence-corrected chi connectivity index (χ0v) is 19.7. The van der Waals surface area contributed by atoms with Gasteiger partial charge in [0.15, 0.2) is 0 Å². The van der Waals surface area contributed by atoms with E-state index in [1.165, 1.54) is 4.88 Å². The molecule has 34 heavy (non-hydrogen) atoms. The van der Waals surface area contributed by atoms with Gasteiger partial charge in [-0.2, -0.15) is 0 Å². The molecule has 2 aromatic heterocycles. The normalized spacial score (nSPS) is 10.9. The van der Waals surface area contributed by atoms with E-state index in [2.05, 4.69) is 21.4 Å². The van der Waals surface area contributed by atoms with Crippen LogP contribution in [0.2, 0.25) is 0 Å². The summed E-state index contributed by atoms with van der Waals surface area (Å²) in [6, 6.07) is 18.1. The molecule has 0 aliphatic rings. The summed E-state index contributed by atoms with van der Waals surface area (Å²) < 4.78 is 0. The number of anilines is 1. The Labute approximate surface area is 201 Å². The molecule has 0 spiro atoms. The number of fused-ring (bicyclic) bond motifs is 1. The van der Waals surface area contributed by atoms with Crippen LogP contribution in [-0.2, 0) is 17.8 Å². The number of aromatic amines is 1. The van der Waals surface area contributed by atoms with Gasteiger partial charge in [0.2, 0.25) is 5.91 Å². The van der Waals surface area contributed by atoms with Crippen LogP contribution in [0, 0.1) is 0 Å². The van der Waals surface area contributed by atoms with E-state index < -0.39 is 0 Å². The second-order valence-corrected chi connectivity index (χ2v) is 8.94. The number of thiophene rings is 1. The molecule has 0 unspecified atom stereocenters. The maximum Gasteiger partial charge on any atom is 0.258 e. The number of hydrogen-bond acceptors (Lipinski definition) is 5. The topological polar surface area (TPSA) is 95.2 Å². The Morgan fingerprint density at radius 3 is 2.74 bits per heavy atom. The van der Waals surface area contributed by atoms with Crippen LogP contribution in [0.15, 0.2) is 70.8 Å². The van der Waals surface area contributed by atoms with Crippen LogP contribution in [0.5, 0.6) is 0 Å². The lowest BCUT2D eigenvalue weighted by Gasteiger charge is -2.21. The van der Waals surface area contributed by atoms with E-state index >= 15 is 0 Å². The van der Waals surface area contributed by atoms with Crippen molar-refractivity contribution in [1.29, 1.82) is 0 Å². The molecule has 0 saturated heterocycles. The highest BCUT2D eigenvalue weighted by Crippen LogP contribution is 2.16. The minimum absolute atomic E-state index is 0.0774. The van der Waals surface area contributed by atoms with E-state index in [0.717, 1.165) is 12.8 Å². The lowest BCUT2D eigenvalue weighted by Crippen LogP contribution is -2.32. The number of para-hydroxylation sites is 1. The Morgan fingerprint density at radius 2 is 1.94 bits per heavy atom. The van der Waals surface area contributed by atoms with Gasteiger partial charge in [0.25, 0.3) is 11.5 Å². The molecule has 0 atom stereocenters. The van der Waals surface area contributed by atoms with Gasteiger partial charge in [-0.15, -0.1) is 11.3 Å². The number of hydrogen-bond donors (Lipinski definition) is 2. The number of amides is 2. The average molecular weight is 475 g/mol. The van der Waals surface area contributed by atoms with Gasteiger partial charge in [-0.1, -0.05) is 24.3 Å². The number of benzene rings is 2. The Bertz CT molecular complexity index is 1350. The lowest BCUT2D eigenvalue weighted by atomic mass is 10.1. The lowest BCUT2D eigenvalue weighted by molar-refractivity contribution is -0.116. The first-order chi connectivity index (χ1) is 16.5. The van der Waals surface area contributed by atoms with Crippen molar-refractivity contribution in [2.75, 3.05) is 11.9 Å². The number of rotatable bonds is 9. The number of nitrogens with zero attached hydrogens (tertiary/aromatic N) is 2. The summed E-state index contributed by atoms with van der Waals surface area (Å²) in [4.78, 5) is 48.0. The molecule has 4 aromatic rings. The fourth-order valence-electron chi connectivity index (χ4n) is 3.73. The maximum atomic E-state index is 13.2. The molecule has 8 heteroatoms. The van der Waals surface area contributed by atoms with E-state index in [9.17, 15) is 14.4 Å². The molecule has 7 nitrogen and oxygen atoms in total. The summed E-state index contributed by atoms with van der Waals surface area (Å²) in [5.74, 6) is 0.146. The summed E-state index contributed by atoms with van der Waals surface area (Å²) >= 11 is 1.69. The van der Waals surface area contributed by atoms with Gasteiger partial charge < -0.3 is 15.2 Å². The predicted octanol–water partition coefficient (Wildman–Crippen LogP) is 4.61. The highest BCUT2D eigenvalue weighted by atomic mass is 32.1. The Balaban J connectivity index is 1.41. The van der Waals surface area contributed by atoms with E-state index in [4.69, 9.17) is 0 Å². The van der Waals surface area contributed by atoms with Crippen molar-refractivity contribution in [3.63, 3.8) is 0 Å². The number of aromatic nitrogens is 2. The van der Waals surface area contributed by atoms with Gasteiger partial charge in [0.1, 0.15) is 5.82 Å². The van der Waals surface area contributed by atoms with Gasteiger partial charge in [0.05, 0.1) is 17.4 Å². The van der Waals surface area contributed by atoms with Crippen molar-refractivity contribution >= 4 is 39.7 Å². The van der Waals surface area contributed by atoms with Crippen molar-refractivity contribution < 1.29 is 9.59 Å². The quantitative estimate of drug-likeness (QED) is 0.370. The SMILES string of the molecule is CCN(Cc1nc2ccccc2c(=O)[nH]1)C(=O)c1cccc(NC(=O)CCCc2cccs2)c1. The van der Waals surface area contributed by atoms with Crippen LogP contribution < -0.4 is 10.9 Å². The van der Waals surface area contributed by atoms with Crippen molar-refractivity contribution in [3.8, 4) is 0 Å². The van der Waals surface area contributed by atoms with Crippen LogP contribution in [0.1, 0.15) is 40.8 Å². The molecule has 174 valence electrons. The zero-order valence-electron chi connectivity index (χ0n) is 18.9. The van der Waals surface area contributed by atoms with Crippen molar-refractivity contribution in [2.24, 2.45) is 0 Å². The van der Waals surface area contributed by atoms with E-state index in [1.54, 1.807) is 58.7 Å². The number of carbonyl (C=O) groups is 2. The molecule has 0 radical (unpaired) electrons. The fraction of sp³-hybridized carbons (Fsp3) is 0.231. The number of aryl methyl sites for hydroxylation is 1. The summed E-state index contributed by atoms with van der Waals surface area (Å²) in [7, 11) is 0. The highest BCUT2D eigenvalue weighted by molar-refractivity contribution is 7.09. The summed E-state index contributed by atoms with van der Waals surface area (Å²) in [6.07, 6.45) is 2.06. The van der Waals surface area contributed by atoms with Gasteiger partial charge in [0, 0.05) is 29.1 Å². The second kappa shape index (κ2) is 10.9. The second-order valence-electron chi connectivity index (χ2n) is 7.91. The van der Waals surface area contributed by atoms with Crippen LogP contribution in [-0.4, -0.2) is 33.2 Å². The van der Waals surface area contributed by atoms with Gasteiger partial charge in [-0.3, -0.25) is 14.4 Å². The van der Waals surface area contributed by atoms with E-state index in [0.29, 0.717) is 40.9 Å². The van der Waals surface area contributed by atoms with Gasteiger partial charge >= 0.3 is 0 Å². The summed E-state index contributed by atoms with van der Waals surface area (Å²) in [5, 5.41) is 5.43. The molecule has 4 rings (SSSR count). The molecule has 0 saturated carbocycles. The fourth-order valence-corrected chi connectivity index (χ4v) is 4.48. The summed E-state index contributed by atoms with van der Waals surface area (Å²) in [5.41, 5.74) is 1.41.